The van der Waals surface area contributed by atoms with Gasteiger partial charge in [-0.3, -0.25) is 19.2 Å². The van der Waals surface area contributed by atoms with Gasteiger partial charge in [0.05, 0.1) is 6.20 Å². The van der Waals surface area contributed by atoms with Gasteiger partial charge in [0.2, 0.25) is 18.1 Å². The monoisotopic (exact) mass is 509 g/mol. The average Bonchev–Trinajstić information content (AvgIpc) is 3.27. The zero-order valence-corrected chi connectivity index (χ0v) is 19.7. The number of carbonyl (C=O) groups is 4. The molecule has 1 aliphatic rings. The Balaban J connectivity index is 2.17. The standard InChI is InChI=1S/C22H24FN3O10/c1-11(27)32-10-18-19(33-12(2)28)22(31,20(34-13(3)29)21(36-18)35-14(4)30)26-9-17(24-25-26)15-5-7-16(23)8-6-15/h5-9,18-21,31H,10H2,1-4H3/t18-,19+,20+,21?,22+/m1/s1. The summed E-state index contributed by atoms with van der Waals surface area (Å²) >= 11 is 0. The molecule has 1 aromatic heterocycles. The van der Waals surface area contributed by atoms with E-state index in [0.29, 0.717) is 5.56 Å². The van der Waals surface area contributed by atoms with Crippen LogP contribution in [0.5, 0.6) is 0 Å². The number of halogens is 1. The van der Waals surface area contributed by atoms with E-state index in [-0.39, 0.29) is 5.69 Å². The molecule has 194 valence electrons. The molecule has 1 unspecified atom stereocenters. The molecule has 2 aromatic rings. The van der Waals surface area contributed by atoms with Crippen LogP contribution >= 0.6 is 0 Å². The first-order valence-electron chi connectivity index (χ1n) is 10.6. The maximum Gasteiger partial charge on any atom is 0.305 e. The molecular weight excluding hydrogens is 485 g/mol. The summed E-state index contributed by atoms with van der Waals surface area (Å²) in [7, 11) is 0. The topological polar surface area (TPSA) is 165 Å². The molecular formula is C22H24FN3O10. The normalized spacial score (nSPS) is 25.5. The molecule has 0 saturated carbocycles. The lowest BCUT2D eigenvalue weighted by Gasteiger charge is -2.48. The fourth-order valence-electron chi connectivity index (χ4n) is 3.65. The van der Waals surface area contributed by atoms with Gasteiger partial charge < -0.3 is 28.8 Å². The van der Waals surface area contributed by atoms with E-state index in [1.807, 2.05) is 0 Å². The average molecular weight is 509 g/mol. The van der Waals surface area contributed by atoms with E-state index >= 15 is 0 Å². The van der Waals surface area contributed by atoms with Crippen molar-refractivity contribution in [1.29, 1.82) is 0 Å². The Bertz CT molecular complexity index is 1140. The van der Waals surface area contributed by atoms with Gasteiger partial charge in [0.25, 0.3) is 0 Å². The highest BCUT2D eigenvalue weighted by Crippen LogP contribution is 2.39. The molecule has 1 saturated heterocycles. The molecule has 1 N–H and O–H groups in total. The summed E-state index contributed by atoms with van der Waals surface area (Å²) in [5.41, 5.74) is -2.00. The van der Waals surface area contributed by atoms with Crippen LogP contribution < -0.4 is 0 Å². The molecule has 0 spiro atoms. The number of aromatic nitrogens is 3. The van der Waals surface area contributed by atoms with Crippen LogP contribution in [0, 0.1) is 5.82 Å². The van der Waals surface area contributed by atoms with Crippen molar-refractivity contribution in [3.63, 3.8) is 0 Å². The summed E-state index contributed by atoms with van der Waals surface area (Å²) < 4.78 is 40.6. The zero-order valence-electron chi connectivity index (χ0n) is 19.7. The minimum Gasteiger partial charge on any atom is -0.463 e. The molecule has 36 heavy (non-hydrogen) atoms. The summed E-state index contributed by atoms with van der Waals surface area (Å²) in [6.07, 6.45) is -5.44. The SMILES string of the molecule is CC(=O)OC[C@H]1OC(OC(C)=O)[C@H](OC(C)=O)[C@](O)(n2cc(-c3ccc(F)cc3)nn2)[C@H]1OC(C)=O. The first-order chi connectivity index (χ1) is 16.9. The van der Waals surface area contributed by atoms with E-state index < -0.39 is 66.6 Å². The minimum atomic E-state index is -2.58. The Hall–Kier alpha value is -3.91. The van der Waals surface area contributed by atoms with Crippen molar-refractivity contribution in [2.75, 3.05) is 6.61 Å². The van der Waals surface area contributed by atoms with Crippen LogP contribution in [-0.2, 0) is 48.6 Å². The number of rotatable bonds is 7. The summed E-state index contributed by atoms with van der Waals surface area (Å²) in [4.78, 5) is 47.2. The van der Waals surface area contributed by atoms with Crippen LogP contribution in [0.4, 0.5) is 4.39 Å². The van der Waals surface area contributed by atoms with Crippen molar-refractivity contribution >= 4 is 23.9 Å². The lowest BCUT2D eigenvalue weighted by molar-refractivity contribution is -0.354. The van der Waals surface area contributed by atoms with Gasteiger partial charge in [-0.2, -0.15) is 0 Å². The number of benzene rings is 1. The summed E-state index contributed by atoms with van der Waals surface area (Å²) in [5, 5.41) is 19.9. The number of hydrogen-bond acceptors (Lipinski definition) is 12. The number of hydrogen-bond donors (Lipinski definition) is 1. The highest BCUT2D eigenvalue weighted by molar-refractivity contribution is 5.68. The number of aliphatic hydroxyl groups is 1. The predicted octanol–water partition coefficient (Wildman–Crippen LogP) is 0.444. The van der Waals surface area contributed by atoms with Crippen molar-refractivity contribution in [3.05, 3.63) is 36.3 Å². The smallest absolute Gasteiger partial charge is 0.305 e. The Morgan fingerprint density at radius 2 is 1.56 bits per heavy atom. The van der Waals surface area contributed by atoms with Crippen molar-refractivity contribution in [2.24, 2.45) is 0 Å². The fraction of sp³-hybridized carbons (Fsp3) is 0.455. The largest absolute Gasteiger partial charge is 0.463 e. The van der Waals surface area contributed by atoms with Crippen LogP contribution in [0.15, 0.2) is 30.5 Å². The van der Waals surface area contributed by atoms with Gasteiger partial charge in [-0.1, -0.05) is 5.21 Å². The van der Waals surface area contributed by atoms with E-state index in [4.69, 9.17) is 23.7 Å². The highest BCUT2D eigenvalue weighted by Gasteiger charge is 2.63. The van der Waals surface area contributed by atoms with Crippen LogP contribution in [0.3, 0.4) is 0 Å². The van der Waals surface area contributed by atoms with Crippen LogP contribution in [0.1, 0.15) is 27.7 Å². The summed E-state index contributed by atoms with van der Waals surface area (Å²) in [6, 6.07) is 5.20. The molecule has 14 heteroatoms. The van der Waals surface area contributed by atoms with Gasteiger partial charge in [-0.15, -0.1) is 5.10 Å². The van der Waals surface area contributed by atoms with E-state index in [0.717, 1.165) is 32.4 Å². The highest BCUT2D eigenvalue weighted by atomic mass is 19.1. The second-order valence-electron chi connectivity index (χ2n) is 7.85. The van der Waals surface area contributed by atoms with E-state index in [9.17, 15) is 28.7 Å². The van der Waals surface area contributed by atoms with Gasteiger partial charge in [0.15, 0.2) is 6.10 Å². The molecule has 1 aliphatic heterocycles. The maximum atomic E-state index is 13.4. The first-order valence-corrected chi connectivity index (χ1v) is 10.6. The molecule has 3 rings (SSSR count). The van der Waals surface area contributed by atoms with Gasteiger partial charge in [-0.05, 0) is 24.3 Å². The van der Waals surface area contributed by atoms with Gasteiger partial charge >= 0.3 is 23.9 Å². The second kappa shape index (κ2) is 10.8. The minimum absolute atomic E-state index is 0.165. The van der Waals surface area contributed by atoms with Gasteiger partial charge in [0, 0.05) is 33.3 Å². The second-order valence-corrected chi connectivity index (χ2v) is 7.85. The van der Waals surface area contributed by atoms with Crippen molar-refractivity contribution in [3.8, 4) is 11.3 Å². The van der Waals surface area contributed by atoms with Crippen LogP contribution in [0.25, 0.3) is 11.3 Å². The maximum absolute atomic E-state index is 13.4. The predicted molar refractivity (Wildman–Crippen MR) is 114 cm³/mol. The molecule has 0 radical (unpaired) electrons. The molecule has 0 bridgehead atoms. The molecule has 0 amide bonds. The first kappa shape index (κ1) is 26.7. The number of carbonyl (C=O) groups excluding carboxylic acids is 4. The van der Waals surface area contributed by atoms with Crippen molar-refractivity contribution in [2.45, 2.75) is 58.0 Å². The molecule has 5 atom stereocenters. The van der Waals surface area contributed by atoms with E-state index in [2.05, 4.69) is 10.3 Å². The molecule has 13 nitrogen and oxygen atoms in total. The molecule has 0 aliphatic carbocycles. The van der Waals surface area contributed by atoms with Gasteiger partial charge in [0.1, 0.15) is 24.2 Å². The summed E-state index contributed by atoms with van der Waals surface area (Å²) in [6.45, 7) is 3.71. The number of ether oxygens (including phenoxy) is 5. The van der Waals surface area contributed by atoms with Gasteiger partial charge in [-0.25, -0.2) is 9.07 Å². The van der Waals surface area contributed by atoms with E-state index in [1.54, 1.807) is 0 Å². The quantitative estimate of drug-likeness (QED) is 0.405. The van der Waals surface area contributed by atoms with Crippen molar-refractivity contribution in [1.82, 2.24) is 15.0 Å². The van der Waals surface area contributed by atoms with E-state index in [1.165, 1.54) is 30.5 Å². The lowest BCUT2D eigenvalue weighted by Crippen LogP contribution is -2.70. The Morgan fingerprint density at radius 3 is 2.11 bits per heavy atom. The zero-order chi connectivity index (χ0) is 26.6. The number of nitrogens with zero attached hydrogens (tertiary/aromatic N) is 3. The molecule has 1 aromatic carbocycles. The van der Waals surface area contributed by atoms with Crippen LogP contribution in [-0.4, -0.2) is 75.2 Å². The molecule has 2 heterocycles. The lowest BCUT2D eigenvalue weighted by atomic mass is 9.91. The Morgan fingerprint density at radius 1 is 0.972 bits per heavy atom. The third kappa shape index (κ3) is 5.83. The van der Waals surface area contributed by atoms with Crippen LogP contribution in [0.2, 0.25) is 0 Å². The third-order valence-corrected chi connectivity index (χ3v) is 5.05. The third-order valence-electron chi connectivity index (χ3n) is 5.05. The number of esters is 4. The fourth-order valence-corrected chi connectivity index (χ4v) is 3.65. The van der Waals surface area contributed by atoms with Crippen molar-refractivity contribution < 1.29 is 52.4 Å². The Kier molecular flexibility index (Phi) is 8.00. The Labute approximate surface area is 204 Å². The summed E-state index contributed by atoms with van der Waals surface area (Å²) in [5.74, 6) is -3.84. The molecule has 1 fully saturated rings.